The van der Waals surface area contributed by atoms with E-state index in [1.165, 1.54) is 17.4 Å². The van der Waals surface area contributed by atoms with Gasteiger partial charge in [0.15, 0.2) is 0 Å². The number of carbonyl (C=O) groups is 1. The molecule has 1 amide bonds. The Bertz CT molecular complexity index is 768. The van der Waals surface area contributed by atoms with E-state index in [0.717, 1.165) is 27.5 Å². The lowest BCUT2D eigenvalue weighted by atomic mass is 10.00. The predicted molar refractivity (Wildman–Crippen MR) is 85.0 cm³/mol. The van der Waals surface area contributed by atoms with Gasteiger partial charge in [-0.15, -0.1) is 11.3 Å². The fourth-order valence-corrected chi connectivity index (χ4v) is 4.21. The molecule has 0 fully saturated rings. The maximum absolute atomic E-state index is 12.8. The quantitative estimate of drug-likeness (QED) is 0.909. The van der Waals surface area contributed by atoms with Gasteiger partial charge in [0.1, 0.15) is 0 Å². The Kier molecular flexibility index (Phi) is 4.64. The molecule has 0 saturated carbocycles. The molecule has 0 spiro atoms. The number of hydrogen-bond donors (Lipinski definition) is 1. The number of primary amides is 1. The summed E-state index contributed by atoms with van der Waals surface area (Å²) in [7, 11) is 0. The van der Waals surface area contributed by atoms with Crippen LogP contribution in [-0.2, 0) is 36.8 Å². The lowest BCUT2D eigenvalue weighted by Crippen LogP contribution is -2.17. The van der Waals surface area contributed by atoms with E-state index >= 15 is 0 Å². The van der Waals surface area contributed by atoms with Crippen LogP contribution in [0.1, 0.15) is 36.8 Å². The van der Waals surface area contributed by atoms with Crippen LogP contribution in [0.25, 0.3) is 0 Å². The molecule has 1 aromatic carbocycles. The first kappa shape index (κ1) is 17.0. The minimum Gasteiger partial charge on any atom is -0.376 e. The highest BCUT2D eigenvalue weighted by Crippen LogP contribution is 2.34. The van der Waals surface area contributed by atoms with E-state index in [-0.39, 0.29) is 0 Å². The SMILES string of the molecule is NC(=O)c1c(CCc2cccc(C(F)(F)F)c2)sc2c1CCOC2. The van der Waals surface area contributed by atoms with Crippen LogP contribution in [0, 0.1) is 0 Å². The van der Waals surface area contributed by atoms with Crippen LogP contribution < -0.4 is 5.73 Å². The van der Waals surface area contributed by atoms with Crippen LogP contribution in [0.5, 0.6) is 0 Å². The Morgan fingerprint density at radius 2 is 2.08 bits per heavy atom. The Labute approximate surface area is 141 Å². The van der Waals surface area contributed by atoms with Gasteiger partial charge in [0, 0.05) is 9.75 Å². The molecule has 0 atom stereocenters. The Balaban J connectivity index is 1.82. The zero-order chi connectivity index (χ0) is 17.3. The molecule has 1 aromatic heterocycles. The molecule has 3 rings (SSSR count). The third-order valence-corrected chi connectivity index (χ3v) is 5.30. The standard InChI is InChI=1S/C17H16F3NO2S/c18-17(19,20)11-3-1-2-10(8-11)4-5-13-15(16(21)22)12-6-7-23-9-14(12)24-13/h1-3,8H,4-7,9H2,(H2,21,22). The molecule has 2 heterocycles. The normalized spacial score (nSPS) is 14.5. The molecule has 7 heteroatoms. The van der Waals surface area contributed by atoms with Gasteiger partial charge in [-0.1, -0.05) is 18.2 Å². The smallest absolute Gasteiger partial charge is 0.376 e. The number of halogens is 3. The van der Waals surface area contributed by atoms with Gasteiger partial charge in [-0.2, -0.15) is 13.2 Å². The summed E-state index contributed by atoms with van der Waals surface area (Å²) in [6.45, 7) is 1.01. The summed E-state index contributed by atoms with van der Waals surface area (Å²) in [6, 6.07) is 5.27. The molecule has 0 bridgehead atoms. The average molecular weight is 355 g/mol. The summed E-state index contributed by atoms with van der Waals surface area (Å²) >= 11 is 1.47. The fourth-order valence-electron chi connectivity index (χ4n) is 2.91. The topological polar surface area (TPSA) is 52.3 Å². The van der Waals surface area contributed by atoms with Crippen molar-refractivity contribution in [2.24, 2.45) is 5.73 Å². The summed E-state index contributed by atoms with van der Waals surface area (Å²) in [6.07, 6.45) is -2.80. The molecule has 0 radical (unpaired) electrons. The summed E-state index contributed by atoms with van der Waals surface area (Å²) in [5.41, 5.74) is 6.91. The van der Waals surface area contributed by atoms with E-state index in [2.05, 4.69) is 0 Å². The zero-order valence-corrected chi connectivity index (χ0v) is 13.6. The number of aryl methyl sites for hydroxylation is 2. The number of benzene rings is 1. The Morgan fingerprint density at radius 1 is 1.29 bits per heavy atom. The second kappa shape index (κ2) is 6.57. The molecule has 2 aromatic rings. The van der Waals surface area contributed by atoms with Crippen molar-refractivity contribution in [2.45, 2.75) is 32.0 Å². The highest BCUT2D eigenvalue weighted by molar-refractivity contribution is 7.12. The molecule has 3 nitrogen and oxygen atoms in total. The van der Waals surface area contributed by atoms with E-state index in [9.17, 15) is 18.0 Å². The second-order valence-corrected chi connectivity index (χ2v) is 6.86. The van der Waals surface area contributed by atoms with Gasteiger partial charge < -0.3 is 10.5 Å². The van der Waals surface area contributed by atoms with Crippen molar-refractivity contribution in [2.75, 3.05) is 6.61 Å². The van der Waals surface area contributed by atoms with Gasteiger partial charge in [0.25, 0.3) is 0 Å². The molecule has 1 aliphatic heterocycles. The maximum Gasteiger partial charge on any atom is 0.416 e. The summed E-state index contributed by atoms with van der Waals surface area (Å²) in [5, 5.41) is 0. The van der Waals surface area contributed by atoms with Crippen molar-refractivity contribution in [3.63, 3.8) is 0 Å². The van der Waals surface area contributed by atoms with Gasteiger partial charge in [-0.05, 0) is 36.5 Å². The molecule has 0 unspecified atom stereocenters. The summed E-state index contributed by atoms with van der Waals surface area (Å²) < 4.78 is 43.7. The van der Waals surface area contributed by atoms with Crippen LogP contribution >= 0.6 is 11.3 Å². The number of carbonyl (C=O) groups excluding carboxylic acids is 1. The van der Waals surface area contributed by atoms with E-state index in [0.29, 0.717) is 43.6 Å². The Hall–Kier alpha value is -1.86. The van der Waals surface area contributed by atoms with Gasteiger partial charge in [-0.3, -0.25) is 4.79 Å². The molecule has 0 saturated heterocycles. The first-order valence-corrected chi connectivity index (χ1v) is 8.35. The number of hydrogen-bond acceptors (Lipinski definition) is 3. The van der Waals surface area contributed by atoms with E-state index in [1.807, 2.05) is 0 Å². The van der Waals surface area contributed by atoms with Crippen LogP contribution in [0.4, 0.5) is 13.2 Å². The van der Waals surface area contributed by atoms with Crippen LogP contribution in [0.2, 0.25) is 0 Å². The number of amides is 1. The van der Waals surface area contributed by atoms with E-state index in [1.54, 1.807) is 6.07 Å². The van der Waals surface area contributed by atoms with Gasteiger partial charge >= 0.3 is 6.18 Å². The fraction of sp³-hybridized carbons (Fsp3) is 0.353. The Morgan fingerprint density at radius 3 is 2.79 bits per heavy atom. The highest BCUT2D eigenvalue weighted by atomic mass is 32.1. The van der Waals surface area contributed by atoms with E-state index in [4.69, 9.17) is 10.5 Å². The average Bonchev–Trinajstić information content (AvgIpc) is 2.91. The molecule has 0 aliphatic carbocycles. The maximum atomic E-state index is 12.8. The number of alkyl halides is 3. The van der Waals surface area contributed by atoms with Gasteiger partial charge in [0.2, 0.25) is 5.91 Å². The van der Waals surface area contributed by atoms with Crippen molar-refractivity contribution >= 4 is 17.2 Å². The molecule has 24 heavy (non-hydrogen) atoms. The summed E-state index contributed by atoms with van der Waals surface area (Å²) in [4.78, 5) is 13.6. The third kappa shape index (κ3) is 3.47. The number of ether oxygens (including phenoxy) is 1. The number of nitrogens with two attached hydrogens (primary N) is 1. The largest absolute Gasteiger partial charge is 0.416 e. The number of rotatable bonds is 4. The van der Waals surface area contributed by atoms with Crippen molar-refractivity contribution in [1.82, 2.24) is 0 Å². The molecule has 1 aliphatic rings. The van der Waals surface area contributed by atoms with Crippen molar-refractivity contribution in [3.05, 3.63) is 56.3 Å². The molecular formula is C17H16F3NO2S. The highest BCUT2D eigenvalue weighted by Gasteiger charge is 2.30. The van der Waals surface area contributed by atoms with Crippen LogP contribution in [0.15, 0.2) is 24.3 Å². The zero-order valence-electron chi connectivity index (χ0n) is 12.8. The first-order chi connectivity index (χ1) is 11.4. The lowest BCUT2D eigenvalue weighted by Gasteiger charge is -2.12. The van der Waals surface area contributed by atoms with Gasteiger partial charge in [0.05, 0.1) is 24.3 Å². The predicted octanol–water partition coefficient (Wildman–Crippen LogP) is 3.72. The summed E-state index contributed by atoms with van der Waals surface area (Å²) in [5.74, 6) is -0.478. The first-order valence-electron chi connectivity index (χ1n) is 7.53. The molecule has 128 valence electrons. The van der Waals surface area contributed by atoms with Crippen LogP contribution in [-0.4, -0.2) is 12.5 Å². The van der Waals surface area contributed by atoms with Crippen molar-refractivity contribution in [1.29, 1.82) is 0 Å². The van der Waals surface area contributed by atoms with Crippen LogP contribution in [0.3, 0.4) is 0 Å². The monoisotopic (exact) mass is 355 g/mol. The molecule has 2 N–H and O–H groups in total. The van der Waals surface area contributed by atoms with Gasteiger partial charge in [-0.25, -0.2) is 0 Å². The third-order valence-electron chi connectivity index (χ3n) is 4.03. The number of thiophene rings is 1. The second-order valence-electron chi connectivity index (χ2n) is 5.67. The minimum absolute atomic E-state index is 0.421. The van der Waals surface area contributed by atoms with E-state index < -0.39 is 17.6 Å². The minimum atomic E-state index is -4.35. The van der Waals surface area contributed by atoms with Crippen molar-refractivity contribution < 1.29 is 22.7 Å². The lowest BCUT2D eigenvalue weighted by molar-refractivity contribution is -0.137. The number of fused-ring (bicyclic) bond motifs is 1. The molecular weight excluding hydrogens is 339 g/mol. The van der Waals surface area contributed by atoms with Crippen molar-refractivity contribution in [3.8, 4) is 0 Å².